The first-order chi connectivity index (χ1) is 9.90. The number of aromatic nitrogens is 1. The van der Waals surface area contributed by atoms with Crippen molar-refractivity contribution in [3.8, 4) is 0 Å². The van der Waals surface area contributed by atoms with Crippen LogP contribution in [0.1, 0.15) is 21.1 Å². The molecule has 110 valence electrons. The predicted octanol–water partition coefficient (Wildman–Crippen LogP) is 3.29. The first-order valence-electron chi connectivity index (χ1n) is 5.99. The standard InChI is InChI=1S/C13H12ClN3O3S/c1-8-15-9(7-21-8)6-16(2)13(18)10-4-3-5-11(14)12(10)17(19)20/h3-5,7H,6H2,1-2H3. The first kappa shape index (κ1) is 15.4. The van der Waals surface area contributed by atoms with Crippen LogP contribution in [-0.4, -0.2) is 27.8 Å². The summed E-state index contributed by atoms with van der Waals surface area (Å²) in [5.74, 6) is -0.463. The minimum absolute atomic E-state index is 0.0260. The zero-order valence-corrected chi connectivity index (χ0v) is 12.9. The van der Waals surface area contributed by atoms with E-state index in [1.807, 2.05) is 12.3 Å². The largest absolute Gasteiger partial charge is 0.336 e. The fourth-order valence-corrected chi connectivity index (χ4v) is 2.72. The number of nitro groups is 1. The van der Waals surface area contributed by atoms with Crippen LogP contribution in [0.15, 0.2) is 23.6 Å². The summed E-state index contributed by atoms with van der Waals surface area (Å²) in [6.07, 6.45) is 0. The summed E-state index contributed by atoms with van der Waals surface area (Å²) in [7, 11) is 1.57. The smallest absolute Gasteiger partial charge is 0.300 e. The lowest BCUT2D eigenvalue weighted by molar-refractivity contribution is -0.385. The van der Waals surface area contributed by atoms with Gasteiger partial charge in [0, 0.05) is 12.4 Å². The van der Waals surface area contributed by atoms with E-state index in [1.54, 1.807) is 7.05 Å². The maximum atomic E-state index is 12.4. The highest BCUT2D eigenvalue weighted by molar-refractivity contribution is 7.09. The second kappa shape index (κ2) is 6.19. The number of rotatable bonds is 4. The van der Waals surface area contributed by atoms with Gasteiger partial charge in [-0.3, -0.25) is 14.9 Å². The number of nitrogens with zero attached hydrogens (tertiary/aromatic N) is 3. The Morgan fingerprint density at radius 2 is 2.24 bits per heavy atom. The molecular weight excluding hydrogens is 314 g/mol. The van der Waals surface area contributed by atoms with Crippen molar-refractivity contribution < 1.29 is 9.72 Å². The molecule has 0 fully saturated rings. The van der Waals surface area contributed by atoms with Gasteiger partial charge in [0.2, 0.25) is 0 Å². The zero-order chi connectivity index (χ0) is 15.6. The molecule has 1 amide bonds. The van der Waals surface area contributed by atoms with E-state index < -0.39 is 10.8 Å². The van der Waals surface area contributed by atoms with E-state index >= 15 is 0 Å². The SMILES string of the molecule is Cc1nc(CN(C)C(=O)c2cccc(Cl)c2[N+](=O)[O-])cs1. The van der Waals surface area contributed by atoms with Gasteiger partial charge in [0.05, 0.1) is 22.2 Å². The summed E-state index contributed by atoms with van der Waals surface area (Å²) in [5, 5.41) is 13.8. The molecule has 2 aromatic rings. The van der Waals surface area contributed by atoms with E-state index in [4.69, 9.17) is 11.6 Å². The fourth-order valence-electron chi connectivity index (χ4n) is 1.87. The molecule has 0 spiro atoms. The number of nitro benzene ring substituents is 1. The van der Waals surface area contributed by atoms with Crippen LogP contribution in [0.2, 0.25) is 5.02 Å². The van der Waals surface area contributed by atoms with E-state index in [-0.39, 0.29) is 22.8 Å². The summed E-state index contributed by atoms with van der Waals surface area (Å²) in [6.45, 7) is 2.16. The quantitative estimate of drug-likeness (QED) is 0.638. The number of para-hydroxylation sites is 1. The molecule has 0 N–H and O–H groups in total. The zero-order valence-electron chi connectivity index (χ0n) is 11.4. The number of hydrogen-bond acceptors (Lipinski definition) is 5. The van der Waals surface area contributed by atoms with Crippen LogP contribution >= 0.6 is 22.9 Å². The molecule has 6 nitrogen and oxygen atoms in total. The highest BCUT2D eigenvalue weighted by Gasteiger charge is 2.26. The van der Waals surface area contributed by atoms with Gasteiger partial charge in [0.15, 0.2) is 0 Å². The summed E-state index contributed by atoms with van der Waals surface area (Å²) >= 11 is 7.30. The minimum Gasteiger partial charge on any atom is -0.336 e. The average molecular weight is 326 g/mol. The van der Waals surface area contributed by atoms with Gasteiger partial charge in [0.1, 0.15) is 10.6 Å². The molecule has 0 saturated carbocycles. The number of thiazole rings is 1. The Balaban J connectivity index is 2.27. The van der Waals surface area contributed by atoms with Crippen molar-refractivity contribution in [2.45, 2.75) is 13.5 Å². The molecule has 8 heteroatoms. The molecule has 0 aliphatic carbocycles. The van der Waals surface area contributed by atoms with Crippen LogP contribution in [0.3, 0.4) is 0 Å². The lowest BCUT2D eigenvalue weighted by atomic mass is 10.1. The number of halogens is 1. The van der Waals surface area contributed by atoms with Crippen LogP contribution in [0.25, 0.3) is 0 Å². The molecule has 0 aliphatic rings. The van der Waals surface area contributed by atoms with E-state index in [9.17, 15) is 14.9 Å². The second-order valence-electron chi connectivity index (χ2n) is 4.41. The van der Waals surface area contributed by atoms with Crippen molar-refractivity contribution in [2.24, 2.45) is 0 Å². The molecule has 2 rings (SSSR count). The average Bonchev–Trinajstić information content (AvgIpc) is 2.82. The number of carbonyl (C=O) groups is 1. The molecule has 21 heavy (non-hydrogen) atoms. The Hall–Kier alpha value is -1.99. The fraction of sp³-hybridized carbons (Fsp3) is 0.231. The van der Waals surface area contributed by atoms with Crippen molar-refractivity contribution in [1.82, 2.24) is 9.88 Å². The van der Waals surface area contributed by atoms with Crippen molar-refractivity contribution >= 4 is 34.5 Å². The summed E-state index contributed by atoms with van der Waals surface area (Å²) < 4.78 is 0. The highest BCUT2D eigenvalue weighted by Crippen LogP contribution is 2.29. The van der Waals surface area contributed by atoms with Gasteiger partial charge in [-0.1, -0.05) is 17.7 Å². The molecule has 0 atom stereocenters. The normalized spacial score (nSPS) is 10.4. The van der Waals surface area contributed by atoms with E-state index in [0.717, 1.165) is 10.7 Å². The summed E-state index contributed by atoms with van der Waals surface area (Å²) in [5.41, 5.74) is 0.352. The molecule has 1 aromatic heterocycles. The van der Waals surface area contributed by atoms with E-state index in [1.165, 1.54) is 34.4 Å². The Kier molecular flexibility index (Phi) is 4.54. The molecular formula is C13H12ClN3O3S. The number of benzene rings is 1. The van der Waals surface area contributed by atoms with E-state index in [2.05, 4.69) is 4.98 Å². The third-order valence-electron chi connectivity index (χ3n) is 2.81. The molecule has 0 saturated heterocycles. The Labute approximate surface area is 130 Å². The van der Waals surface area contributed by atoms with Crippen LogP contribution in [0.4, 0.5) is 5.69 Å². The third-order valence-corrected chi connectivity index (χ3v) is 3.94. The minimum atomic E-state index is -0.642. The topological polar surface area (TPSA) is 76.3 Å². The molecule has 0 unspecified atom stereocenters. The van der Waals surface area contributed by atoms with Crippen LogP contribution < -0.4 is 0 Å². The molecule has 0 radical (unpaired) electrons. The third kappa shape index (κ3) is 3.37. The molecule has 1 aromatic carbocycles. The van der Waals surface area contributed by atoms with Crippen LogP contribution in [0, 0.1) is 17.0 Å². The molecule has 0 aliphatic heterocycles. The van der Waals surface area contributed by atoms with Gasteiger partial charge in [-0.05, 0) is 19.1 Å². The maximum absolute atomic E-state index is 12.4. The van der Waals surface area contributed by atoms with Gasteiger partial charge < -0.3 is 4.90 Å². The van der Waals surface area contributed by atoms with Crippen molar-refractivity contribution in [1.29, 1.82) is 0 Å². The van der Waals surface area contributed by atoms with Crippen LogP contribution in [-0.2, 0) is 6.54 Å². The van der Waals surface area contributed by atoms with Gasteiger partial charge in [-0.15, -0.1) is 11.3 Å². The number of carbonyl (C=O) groups excluding carboxylic acids is 1. The van der Waals surface area contributed by atoms with Gasteiger partial charge >= 0.3 is 5.69 Å². The lowest BCUT2D eigenvalue weighted by Crippen LogP contribution is -2.27. The Morgan fingerprint density at radius 1 is 1.52 bits per heavy atom. The Bertz CT molecular complexity index is 702. The molecule has 0 bridgehead atoms. The summed E-state index contributed by atoms with van der Waals surface area (Å²) in [6, 6.07) is 4.30. The maximum Gasteiger partial charge on any atom is 0.300 e. The highest BCUT2D eigenvalue weighted by atomic mass is 35.5. The Morgan fingerprint density at radius 3 is 2.81 bits per heavy atom. The first-order valence-corrected chi connectivity index (χ1v) is 7.25. The number of aryl methyl sites for hydroxylation is 1. The van der Waals surface area contributed by atoms with Crippen molar-refractivity contribution in [2.75, 3.05) is 7.05 Å². The van der Waals surface area contributed by atoms with Crippen molar-refractivity contribution in [3.63, 3.8) is 0 Å². The number of hydrogen-bond donors (Lipinski definition) is 0. The van der Waals surface area contributed by atoms with Gasteiger partial charge in [0.25, 0.3) is 5.91 Å². The number of amides is 1. The van der Waals surface area contributed by atoms with E-state index in [0.29, 0.717) is 0 Å². The van der Waals surface area contributed by atoms with Gasteiger partial charge in [-0.2, -0.15) is 0 Å². The van der Waals surface area contributed by atoms with Gasteiger partial charge in [-0.25, -0.2) is 4.98 Å². The van der Waals surface area contributed by atoms with Crippen LogP contribution in [0.5, 0.6) is 0 Å². The summed E-state index contributed by atoms with van der Waals surface area (Å²) in [4.78, 5) is 28.4. The lowest BCUT2D eigenvalue weighted by Gasteiger charge is -2.16. The second-order valence-corrected chi connectivity index (χ2v) is 5.88. The molecule has 1 heterocycles. The monoisotopic (exact) mass is 325 g/mol. The van der Waals surface area contributed by atoms with Crippen molar-refractivity contribution in [3.05, 3.63) is 55.0 Å². The predicted molar refractivity (Wildman–Crippen MR) is 80.8 cm³/mol.